The van der Waals surface area contributed by atoms with Crippen molar-refractivity contribution in [3.8, 4) is 6.07 Å². The summed E-state index contributed by atoms with van der Waals surface area (Å²) in [7, 11) is -3.71. The normalized spacial score (nSPS) is 10.7. The smallest absolute Gasteiger partial charge is 0.335 e. The molecule has 0 aliphatic rings. The van der Waals surface area contributed by atoms with Crippen LogP contribution in [0.25, 0.3) is 0 Å². The molecule has 112 valence electrons. The molecule has 2 aromatic rings. The van der Waals surface area contributed by atoms with Crippen LogP contribution in [0, 0.1) is 11.3 Å². The van der Waals surface area contributed by atoms with E-state index < -0.39 is 16.0 Å². The fourth-order valence-electron chi connectivity index (χ4n) is 2.00. The first kappa shape index (κ1) is 15.5. The van der Waals surface area contributed by atoms with Crippen LogP contribution in [-0.2, 0) is 10.0 Å². The third-order valence-electron chi connectivity index (χ3n) is 2.87. The molecule has 0 unspecified atom stereocenters. The van der Waals surface area contributed by atoms with Crippen LogP contribution in [0.5, 0.6) is 0 Å². The van der Waals surface area contributed by atoms with Gasteiger partial charge in [-0.25, -0.2) is 17.5 Å². The molecule has 0 saturated heterocycles. The molecule has 0 bridgehead atoms. The minimum atomic E-state index is -3.71. The largest absolute Gasteiger partial charge is 0.478 e. The number of anilines is 2. The number of nitrogens with zero attached hydrogens (tertiary/aromatic N) is 2. The summed E-state index contributed by atoms with van der Waals surface area (Å²) in [6.07, 6.45) is 1.01. The predicted molar refractivity (Wildman–Crippen MR) is 81.5 cm³/mol. The number of carboxylic acid groups (broad SMARTS) is 1. The van der Waals surface area contributed by atoms with Crippen molar-refractivity contribution in [1.29, 1.82) is 5.26 Å². The number of rotatable bonds is 4. The van der Waals surface area contributed by atoms with Crippen molar-refractivity contribution in [3.63, 3.8) is 0 Å². The summed E-state index contributed by atoms with van der Waals surface area (Å²) >= 11 is 0. The van der Waals surface area contributed by atoms with E-state index in [-0.39, 0.29) is 16.9 Å². The van der Waals surface area contributed by atoms with Gasteiger partial charge in [-0.1, -0.05) is 12.1 Å². The molecule has 1 N–H and O–H groups in total. The van der Waals surface area contributed by atoms with Gasteiger partial charge >= 0.3 is 5.97 Å². The van der Waals surface area contributed by atoms with E-state index in [0.717, 1.165) is 10.6 Å². The topological polar surface area (TPSA) is 98.5 Å². The number of carbonyl (C=O) groups is 1. The maximum absolute atomic E-state index is 12.1. The lowest BCUT2D eigenvalue weighted by molar-refractivity contribution is 0.0697. The first-order valence-corrected chi connectivity index (χ1v) is 8.01. The second-order valence-corrected chi connectivity index (χ2v) is 6.38. The summed E-state index contributed by atoms with van der Waals surface area (Å²) in [4.78, 5) is 11.1. The lowest BCUT2D eigenvalue weighted by atomic mass is 10.2. The Kier molecular flexibility index (Phi) is 4.15. The average Bonchev–Trinajstić information content (AvgIpc) is 2.46. The van der Waals surface area contributed by atoms with E-state index >= 15 is 0 Å². The zero-order valence-corrected chi connectivity index (χ0v) is 12.4. The molecule has 0 aliphatic carbocycles. The van der Waals surface area contributed by atoms with Crippen molar-refractivity contribution < 1.29 is 18.3 Å². The van der Waals surface area contributed by atoms with Crippen molar-refractivity contribution >= 4 is 27.4 Å². The van der Waals surface area contributed by atoms with E-state index in [1.807, 2.05) is 6.07 Å². The number of hydrogen-bond donors (Lipinski definition) is 1. The first-order valence-electron chi connectivity index (χ1n) is 6.17. The summed E-state index contributed by atoms with van der Waals surface area (Å²) < 4.78 is 25.2. The third kappa shape index (κ3) is 3.24. The maximum atomic E-state index is 12.1. The molecular weight excluding hydrogens is 304 g/mol. The highest BCUT2D eigenvalue weighted by Gasteiger charge is 2.21. The van der Waals surface area contributed by atoms with Crippen LogP contribution in [0.4, 0.5) is 11.4 Å². The third-order valence-corrected chi connectivity index (χ3v) is 3.95. The Hall–Kier alpha value is -2.85. The maximum Gasteiger partial charge on any atom is 0.335 e. The molecular formula is C15H12N2O4S. The minimum absolute atomic E-state index is 0.0254. The van der Waals surface area contributed by atoms with Gasteiger partial charge in [-0.2, -0.15) is 5.26 Å². The van der Waals surface area contributed by atoms with Gasteiger partial charge in [0.15, 0.2) is 0 Å². The van der Waals surface area contributed by atoms with Crippen molar-refractivity contribution in [1.82, 2.24) is 0 Å². The Morgan fingerprint density at radius 2 is 1.73 bits per heavy atom. The van der Waals surface area contributed by atoms with Gasteiger partial charge in [0.05, 0.1) is 34.8 Å². The second-order valence-electron chi connectivity index (χ2n) is 4.55. The van der Waals surface area contributed by atoms with Crippen LogP contribution in [0.1, 0.15) is 15.9 Å². The molecule has 2 rings (SSSR count). The molecule has 0 atom stereocenters. The summed E-state index contributed by atoms with van der Waals surface area (Å²) in [5, 5.41) is 18.0. The quantitative estimate of drug-likeness (QED) is 0.933. The van der Waals surface area contributed by atoms with Gasteiger partial charge in [0, 0.05) is 0 Å². The monoisotopic (exact) mass is 316 g/mol. The molecule has 0 spiro atoms. The molecule has 22 heavy (non-hydrogen) atoms. The van der Waals surface area contributed by atoms with Crippen LogP contribution in [0.3, 0.4) is 0 Å². The summed E-state index contributed by atoms with van der Waals surface area (Å²) in [5.41, 5.74) is 0.740. The molecule has 0 aliphatic heterocycles. The Bertz CT molecular complexity index is 869. The lowest BCUT2D eigenvalue weighted by Crippen LogP contribution is -2.25. The standard InChI is InChI=1S/C15H12N2O4S/c1-22(20,21)17(13-6-2-4-11(8-13)10-16)14-7-3-5-12(9-14)15(18)19/h2-9H,1H3,(H,18,19). The summed E-state index contributed by atoms with van der Waals surface area (Å²) in [5.74, 6) is -1.15. The summed E-state index contributed by atoms with van der Waals surface area (Å²) in [6, 6.07) is 13.6. The number of nitriles is 1. The van der Waals surface area contributed by atoms with E-state index in [4.69, 9.17) is 10.4 Å². The SMILES string of the molecule is CS(=O)(=O)N(c1cccc(C#N)c1)c1cccc(C(=O)O)c1. The van der Waals surface area contributed by atoms with Gasteiger partial charge in [0.2, 0.25) is 10.0 Å². The van der Waals surface area contributed by atoms with Crippen LogP contribution in [-0.4, -0.2) is 25.7 Å². The van der Waals surface area contributed by atoms with Gasteiger partial charge in [-0.05, 0) is 36.4 Å². The molecule has 0 saturated carbocycles. The molecule has 0 radical (unpaired) electrons. The molecule has 6 nitrogen and oxygen atoms in total. The molecule has 0 fully saturated rings. The predicted octanol–water partition coefficient (Wildman–Crippen LogP) is 2.35. The van der Waals surface area contributed by atoms with Gasteiger partial charge < -0.3 is 5.11 Å². The lowest BCUT2D eigenvalue weighted by Gasteiger charge is -2.23. The first-order chi connectivity index (χ1) is 10.3. The zero-order valence-electron chi connectivity index (χ0n) is 11.6. The molecule has 2 aromatic carbocycles. The van der Waals surface area contributed by atoms with Crippen LogP contribution >= 0.6 is 0 Å². The van der Waals surface area contributed by atoms with Gasteiger partial charge in [-0.3, -0.25) is 0 Å². The fraction of sp³-hybridized carbons (Fsp3) is 0.0667. The van der Waals surface area contributed by atoms with Crippen LogP contribution < -0.4 is 4.31 Å². The summed E-state index contributed by atoms with van der Waals surface area (Å²) in [6.45, 7) is 0. The van der Waals surface area contributed by atoms with Crippen LogP contribution in [0.2, 0.25) is 0 Å². The number of benzene rings is 2. The Morgan fingerprint density at radius 3 is 2.27 bits per heavy atom. The van der Waals surface area contributed by atoms with Gasteiger partial charge in [-0.15, -0.1) is 0 Å². The van der Waals surface area contributed by atoms with E-state index in [1.54, 1.807) is 12.1 Å². The number of aromatic carboxylic acids is 1. The highest BCUT2D eigenvalue weighted by molar-refractivity contribution is 7.92. The van der Waals surface area contributed by atoms with Gasteiger partial charge in [0.1, 0.15) is 0 Å². The molecule has 0 amide bonds. The highest BCUT2D eigenvalue weighted by atomic mass is 32.2. The highest BCUT2D eigenvalue weighted by Crippen LogP contribution is 2.29. The van der Waals surface area contributed by atoms with E-state index in [1.165, 1.54) is 36.4 Å². The number of carboxylic acids is 1. The van der Waals surface area contributed by atoms with E-state index in [0.29, 0.717) is 5.56 Å². The van der Waals surface area contributed by atoms with Crippen molar-refractivity contribution in [2.45, 2.75) is 0 Å². The van der Waals surface area contributed by atoms with Crippen molar-refractivity contribution in [2.24, 2.45) is 0 Å². The molecule has 0 aromatic heterocycles. The van der Waals surface area contributed by atoms with E-state index in [2.05, 4.69) is 0 Å². The Morgan fingerprint density at radius 1 is 1.14 bits per heavy atom. The second kappa shape index (κ2) is 5.87. The molecule has 0 heterocycles. The number of hydrogen-bond acceptors (Lipinski definition) is 4. The van der Waals surface area contributed by atoms with Gasteiger partial charge in [0.25, 0.3) is 0 Å². The zero-order chi connectivity index (χ0) is 16.3. The molecule has 7 heteroatoms. The Balaban J connectivity index is 2.64. The number of sulfonamides is 1. The average molecular weight is 316 g/mol. The van der Waals surface area contributed by atoms with E-state index in [9.17, 15) is 13.2 Å². The van der Waals surface area contributed by atoms with Crippen molar-refractivity contribution in [2.75, 3.05) is 10.6 Å². The minimum Gasteiger partial charge on any atom is -0.478 e. The van der Waals surface area contributed by atoms with Crippen molar-refractivity contribution in [3.05, 3.63) is 59.7 Å². The fourth-order valence-corrected chi connectivity index (χ4v) is 2.99. The Labute approximate surface area is 127 Å². The van der Waals surface area contributed by atoms with Crippen LogP contribution in [0.15, 0.2) is 48.5 Å².